The highest BCUT2D eigenvalue weighted by Gasteiger charge is 2.21. The molecule has 0 fully saturated rings. The molecule has 0 heterocycles. The fraction of sp³-hybridized carbons (Fsp3) is 0.133. The number of para-hydroxylation sites is 1. The van der Waals surface area contributed by atoms with Gasteiger partial charge in [-0.3, -0.25) is 0 Å². The third kappa shape index (κ3) is 4.13. The van der Waals surface area contributed by atoms with E-state index < -0.39 is 6.09 Å². The quantitative estimate of drug-likeness (QED) is 0.462. The van der Waals surface area contributed by atoms with E-state index in [9.17, 15) is 4.79 Å². The van der Waals surface area contributed by atoms with Crippen molar-refractivity contribution in [3.8, 4) is 11.5 Å². The fourth-order valence-electron chi connectivity index (χ4n) is 1.73. The summed E-state index contributed by atoms with van der Waals surface area (Å²) in [6.45, 7) is 0.0148. The third-order valence-electron chi connectivity index (χ3n) is 2.92. The standard InChI is InChI=1S/C15H10Cl5NO3/c1-21-15(22)24-8-5-3-2-4-7(8)6-23-14-12(19)10(17)9(16)11(18)13(14)20/h2-5H,6H2,1H3,(H,21,22). The maximum atomic E-state index is 11.4. The molecule has 4 nitrogen and oxygen atoms in total. The first-order chi connectivity index (χ1) is 11.4. The minimum Gasteiger partial charge on any atom is -0.486 e. The van der Waals surface area contributed by atoms with E-state index in [4.69, 9.17) is 67.5 Å². The Bertz CT molecular complexity index is 753. The van der Waals surface area contributed by atoms with Gasteiger partial charge in [-0.15, -0.1) is 0 Å². The zero-order chi connectivity index (χ0) is 17.9. The number of rotatable bonds is 4. The lowest BCUT2D eigenvalue weighted by atomic mass is 10.2. The molecule has 24 heavy (non-hydrogen) atoms. The lowest BCUT2D eigenvalue weighted by Crippen LogP contribution is -2.22. The molecular weight excluding hydrogens is 419 g/mol. The first-order valence-electron chi connectivity index (χ1n) is 6.48. The van der Waals surface area contributed by atoms with Crippen molar-refractivity contribution in [1.82, 2.24) is 5.32 Å². The first kappa shape index (κ1) is 19.3. The van der Waals surface area contributed by atoms with Gasteiger partial charge in [-0.2, -0.15) is 0 Å². The largest absolute Gasteiger partial charge is 0.486 e. The summed E-state index contributed by atoms with van der Waals surface area (Å²) in [5, 5.41) is 2.57. The van der Waals surface area contributed by atoms with Crippen LogP contribution in [0.2, 0.25) is 25.1 Å². The number of halogens is 5. The Morgan fingerprint density at radius 1 is 0.958 bits per heavy atom. The second kappa shape index (κ2) is 8.37. The van der Waals surface area contributed by atoms with Crippen molar-refractivity contribution in [3.05, 3.63) is 54.9 Å². The number of hydrogen-bond donors (Lipinski definition) is 1. The van der Waals surface area contributed by atoms with Crippen LogP contribution in [0, 0.1) is 0 Å². The predicted molar refractivity (Wildman–Crippen MR) is 97.3 cm³/mol. The van der Waals surface area contributed by atoms with Gasteiger partial charge in [0.1, 0.15) is 22.4 Å². The van der Waals surface area contributed by atoms with Gasteiger partial charge in [0.05, 0.1) is 15.1 Å². The van der Waals surface area contributed by atoms with E-state index in [1.54, 1.807) is 24.3 Å². The van der Waals surface area contributed by atoms with Crippen LogP contribution in [-0.2, 0) is 6.61 Å². The van der Waals surface area contributed by atoms with Crippen LogP contribution in [0.1, 0.15) is 5.56 Å². The second-order valence-corrected chi connectivity index (χ2v) is 6.32. The van der Waals surface area contributed by atoms with Crippen molar-refractivity contribution >= 4 is 64.1 Å². The number of carbonyl (C=O) groups excluding carboxylic acids is 1. The van der Waals surface area contributed by atoms with E-state index in [0.29, 0.717) is 11.3 Å². The van der Waals surface area contributed by atoms with Gasteiger partial charge in [0.25, 0.3) is 0 Å². The number of amides is 1. The van der Waals surface area contributed by atoms with Crippen LogP contribution in [0.25, 0.3) is 0 Å². The van der Waals surface area contributed by atoms with Gasteiger partial charge in [0, 0.05) is 12.6 Å². The molecule has 0 atom stereocenters. The topological polar surface area (TPSA) is 47.6 Å². The smallest absolute Gasteiger partial charge is 0.412 e. The molecule has 0 radical (unpaired) electrons. The van der Waals surface area contributed by atoms with Crippen molar-refractivity contribution in [2.75, 3.05) is 7.05 Å². The SMILES string of the molecule is CNC(=O)Oc1ccccc1COc1c(Cl)c(Cl)c(Cl)c(Cl)c1Cl. The molecule has 0 spiro atoms. The molecule has 9 heteroatoms. The molecule has 0 aromatic heterocycles. The monoisotopic (exact) mass is 427 g/mol. The Morgan fingerprint density at radius 3 is 2.08 bits per heavy atom. The van der Waals surface area contributed by atoms with Gasteiger partial charge in [-0.05, 0) is 6.07 Å². The zero-order valence-corrected chi connectivity index (χ0v) is 15.9. The van der Waals surface area contributed by atoms with E-state index in [0.717, 1.165) is 0 Å². The predicted octanol–water partition coefficient (Wildman–Crippen LogP) is 6.25. The lowest BCUT2D eigenvalue weighted by molar-refractivity contribution is 0.201. The normalized spacial score (nSPS) is 10.4. The second-order valence-electron chi connectivity index (χ2n) is 4.43. The molecule has 0 unspecified atom stereocenters. The minimum atomic E-state index is -0.601. The molecule has 1 N–H and O–H groups in total. The van der Waals surface area contributed by atoms with Crippen LogP contribution in [0.3, 0.4) is 0 Å². The van der Waals surface area contributed by atoms with Crippen molar-refractivity contribution in [2.45, 2.75) is 6.61 Å². The van der Waals surface area contributed by atoms with Gasteiger partial charge in [0.2, 0.25) is 0 Å². The number of nitrogens with one attached hydrogen (secondary N) is 1. The zero-order valence-electron chi connectivity index (χ0n) is 12.1. The summed E-state index contributed by atoms with van der Waals surface area (Å²) in [5.41, 5.74) is 0.593. The van der Waals surface area contributed by atoms with Crippen LogP contribution in [0.4, 0.5) is 4.79 Å². The maximum absolute atomic E-state index is 11.4. The number of ether oxygens (including phenoxy) is 2. The van der Waals surface area contributed by atoms with E-state index in [1.807, 2.05) is 0 Å². The van der Waals surface area contributed by atoms with Gasteiger partial charge >= 0.3 is 6.09 Å². The molecule has 0 aliphatic carbocycles. The molecule has 0 bridgehead atoms. The molecule has 0 saturated carbocycles. The highest BCUT2D eigenvalue weighted by molar-refractivity contribution is 6.55. The van der Waals surface area contributed by atoms with Crippen LogP contribution >= 0.6 is 58.0 Å². The van der Waals surface area contributed by atoms with Crippen LogP contribution < -0.4 is 14.8 Å². The van der Waals surface area contributed by atoms with Crippen LogP contribution in [0.15, 0.2) is 24.3 Å². The van der Waals surface area contributed by atoms with Gasteiger partial charge in [-0.25, -0.2) is 4.79 Å². The Morgan fingerprint density at radius 2 is 1.50 bits per heavy atom. The number of carbonyl (C=O) groups is 1. The van der Waals surface area contributed by atoms with Crippen molar-refractivity contribution in [3.63, 3.8) is 0 Å². The number of benzene rings is 2. The van der Waals surface area contributed by atoms with E-state index in [-0.39, 0.29) is 37.5 Å². The summed E-state index contributed by atoms with van der Waals surface area (Å²) >= 11 is 30.1. The Balaban J connectivity index is 2.28. The average molecular weight is 430 g/mol. The summed E-state index contributed by atoms with van der Waals surface area (Å²) in [6.07, 6.45) is -0.601. The Kier molecular flexibility index (Phi) is 6.72. The highest BCUT2D eigenvalue weighted by Crippen LogP contribution is 2.48. The molecule has 0 aliphatic heterocycles. The Labute approximate surface area is 163 Å². The molecule has 2 rings (SSSR count). The summed E-state index contributed by atoms with van der Waals surface area (Å²) in [5.74, 6) is 0.419. The van der Waals surface area contributed by atoms with Gasteiger partial charge < -0.3 is 14.8 Å². The molecule has 1 amide bonds. The molecule has 0 aliphatic rings. The maximum Gasteiger partial charge on any atom is 0.412 e. The summed E-state index contributed by atoms with van der Waals surface area (Å²) < 4.78 is 10.8. The van der Waals surface area contributed by atoms with Gasteiger partial charge in [0.15, 0.2) is 5.75 Å². The Hall–Kier alpha value is -1.04. The molecule has 0 saturated heterocycles. The summed E-state index contributed by atoms with van der Waals surface area (Å²) in [7, 11) is 1.46. The molecule has 128 valence electrons. The summed E-state index contributed by atoms with van der Waals surface area (Å²) in [4.78, 5) is 11.4. The third-order valence-corrected chi connectivity index (χ3v) is 5.16. The van der Waals surface area contributed by atoms with E-state index in [1.165, 1.54) is 7.05 Å². The highest BCUT2D eigenvalue weighted by atomic mass is 35.5. The number of hydrogen-bond acceptors (Lipinski definition) is 3. The van der Waals surface area contributed by atoms with Crippen molar-refractivity contribution in [1.29, 1.82) is 0 Å². The van der Waals surface area contributed by atoms with Crippen molar-refractivity contribution < 1.29 is 14.3 Å². The molecule has 2 aromatic rings. The van der Waals surface area contributed by atoms with Crippen molar-refractivity contribution in [2.24, 2.45) is 0 Å². The first-order valence-corrected chi connectivity index (χ1v) is 8.37. The molecular formula is C15H10Cl5NO3. The van der Waals surface area contributed by atoms with Crippen LogP contribution in [0.5, 0.6) is 11.5 Å². The van der Waals surface area contributed by atoms with Gasteiger partial charge in [-0.1, -0.05) is 76.2 Å². The lowest BCUT2D eigenvalue weighted by Gasteiger charge is -2.15. The van der Waals surface area contributed by atoms with Crippen LogP contribution in [-0.4, -0.2) is 13.1 Å². The molecule has 2 aromatic carbocycles. The summed E-state index contributed by atoms with van der Waals surface area (Å²) in [6, 6.07) is 6.83. The van der Waals surface area contributed by atoms with E-state index in [2.05, 4.69) is 5.32 Å². The minimum absolute atomic E-state index is 0.0148. The van der Waals surface area contributed by atoms with E-state index >= 15 is 0 Å². The average Bonchev–Trinajstić information content (AvgIpc) is 2.59. The fourth-order valence-corrected chi connectivity index (χ4v) is 2.97.